The van der Waals surface area contributed by atoms with Crippen LogP contribution < -0.4 is 21.3 Å². The molecule has 1 atom stereocenters. The molecule has 9 nitrogen and oxygen atoms in total. The molecule has 0 saturated carbocycles. The summed E-state index contributed by atoms with van der Waals surface area (Å²) in [6, 6.07) is 4.91. The molecule has 1 aromatic carbocycles. The first kappa shape index (κ1) is 23.7. The van der Waals surface area contributed by atoms with Crippen molar-refractivity contribution in [3.63, 3.8) is 0 Å². The van der Waals surface area contributed by atoms with Crippen LogP contribution in [0.3, 0.4) is 0 Å². The number of alkyl carbamates (subject to hydrolysis) is 2. The maximum absolute atomic E-state index is 12.5. The van der Waals surface area contributed by atoms with E-state index in [4.69, 9.17) is 24.4 Å². The molecule has 0 fully saturated rings. The predicted octanol–water partition coefficient (Wildman–Crippen LogP) is 2.56. The van der Waals surface area contributed by atoms with Crippen molar-refractivity contribution in [2.45, 2.75) is 18.7 Å². The highest BCUT2D eigenvalue weighted by Gasteiger charge is 2.14. The molecule has 0 aliphatic heterocycles. The highest BCUT2D eigenvalue weighted by Crippen LogP contribution is 2.25. The minimum Gasteiger partial charge on any atom is -0.453 e. The van der Waals surface area contributed by atoms with E-state index in [2.05, 4.69) is 30.7 Å². The highest BCUT2D eigenvalue weighted by molar-refractivity contribution is 7.85. The molecule has 0 radical (unpaired) electrons. The molecule has 0 saturated heterocycles. The number of nitrogens with one attached hydrogen (secondary N) is 4. The van der Waals surface area contributed by atoms with Gasteiger partial charge in [-0.3, -0.25) is 14.8 Å². The maximum Gasteiger partial charge on any atom is 0.413 e. The van der Waals surface area contributed by atoms with Gasteiger partial charge in [-0.2, -0.15) is 0 Å². The van der Waals surface area contributed by atoms with Gasteiger partial charge in [0.1, 0.15) is 0 Å². The van der Waals surface area contributed by atoms with Gasteiger partial charge in [-0.05, 0) is 48.6 Å². The van der Waals surface area contributed by atoms with Crippen LogP contribution in [-0.2, 0) is 20.3 Å². The Bertz CT molecular complexity index is 786. The normalized spacial score (nSPS) is 11.2. The lowest BCUT2D eigenvalue weighted by molar-refractivity contribution is 0.176. The number of carbonyl (C=O) groups excluding carboxylic acids is 2. The molecule has 1 rings (SSSR count). The Hall–Kier alpha value is -2.31. The molecule has 0 bridgehead atoms. The first-order valence-electron chi connectivity index (χ1n) is 8.00. The minimum atomic E-state index is -1.23. The van der Waals surface area contributed by atoms with Gasteiger partial charge in [-0.15, -0.1) is 0 Å². The summed E-state index contributed by atoms with van der Waals surface area (Å²) in [6.07, 6.45) is -1.47. The van der Waals surface area contributed by atoms with E-state index in [1.807, 2.05) is 13.8 Å². The summed E-state index contributed by atoms with van der Waals surface area (Å²) in [5, 5.41) is 10.2. The van der Waals surface area contributed by atoms with Crippen molar-refractivity contribution in [2.75, 3.05) is 30.6 Å². The molecular formula is C16H22N4O5S3. The van der Waals surface area contributed by atoms with E-state index in [1.165, 1.54) is 14.2 Å². The molecule has 12 heteroatoms. The third-order valence-corrected chi connectivity index (χ3v) is 5.19. The van der Waals surface area contributed by atoms with E-state index in [-0.39, 0.29) is 16.1 Å². The van der Waals surface area contributed by atoms with Crippen molar-refractivity contribution in [2.24, 2.45) is 5.92 Å². The number of thiocarbonyl (C=S) groups is 2. The van der Waals surface area contributed by atoms with E-state index in [9.17, 15) is 13.8 Å². The lowest BCUT2D eigenvalue weighted by Gasteiger charge is -2.17. The van der Waals surface area contributed by atoms with Crippen LogP contribution in [0, 0.1) is 5.92 Å². The fourth-order valence-corrected chi connectivity index (χ4v) is 3.52. The Kier molecular flexibility index (Phi) is 9.76. The number of ether oxygens (including phenoxy) is 2. The van der Waals surface area contributed by atoms with Crippen LogP contribution >= 0.6 is 24.4 Å². The number of methoxy groups -OCH3 is 2. The van der Waals surface area contributed by atoms with Gasteiger partial charge < -0.3 is 20.1 Å². The van der Waals surface area contributed by atoms with Crippen LogP contribution in [0.25, 0.3) is 0 Å². The van der Waals surface area contributed by atoms with E-state index < -0.39 is 23.0 Å². The largest absolute Gasteiger partial charge is 0.453 e. The van der Waals surface area contributed by atoms with Crippen LogP contribution in [0.15, 0.2) is 23.1 Å². The molecular weight excluding hydrogens is 424 g/mol. The maximum atomic E-state index is 12.5. The zero-order valence-corrected chi connectivity index (χ0v) is 18.2. The summed E-state index contributed by atoms with van der Waals surface area (Å²) in [4.78, 5) is 23.2. The topological polar surface area (TPSA) is 118 Å². The molecule has 1 aromatic rings. The molecule has 0 aromatic heterocycles. The second-order valence-corrected chi connectivity index (χ2v) is 8.07. The molecule has 154 valence electrons. The average Bonchev–Trinajstić information content (AvgIpc) is 2.61. The van der Waals surface area contributed by atoms with Crippen molar-refractivity contribution in [1.29, 1.82) is 0 Å². The smallest absolute Gasteiger partial charge is 0.413 e. The molecule has 28 heavy (non-hydrogen) atoms. The van der Waals surface area contributed by atoms with Gasteiger partial charge in [0.2, 0.25) is 0 Å². The summed E-state index contributed by atoms with van der Waals surface area (Å²) < 4.78 is 21.4. The first-order valence-corrected chi connectivity index (χ1v) is 10.1. The number of hydrogen-bond acceptors (Lipinski definition) is 7. The van der Waals surface area contributed by atoms with E-state index in [1.54, 1.807) is 18.2 Å². The van der Waals surface area contributed by atoms with E-state index in [0.29, 0.717) is 22.0 Å². The van der Waals surface area contributed by atoms with Crippen molar-refractivity contribution in [3.05, 3.63) is 18.2 Å². The Morgan fingerprint density at radius 3 is 1.96 bits per heavy atom. The number of amides is 2. The zero-order valence-electron chi connectivity index (χ0n) is 15.8. The van der Waals surface area contributed by atoms with Crippen LogP contribution in [0.2, 0.25) is 0 Å². The van der Waals surface area contributed by atoms with Crippen LogP contribution in [0.4, 0.5) is 21.0 Å². The Labute approximate surface area is 176 Å². The van der Waals surface area contributed by atoms with Crippen molar-refractivity contribution >= 4 is 69.0 Å². The fraction of sp³-hybridized carbons (Fsp3) is 0.375. The number of carbonyl (C=O) groups is 2. The van der Waals surface area contributed by atoms with Gasteiger partial charge in [0.05, 0.1) is 36.4 Å². The SMILES string of the molecule is COC(=O)NC(=S)Nc1ccc(S(=O)CC(C)C)cc1NC(=S)NC(=O)OC. The fourth-order valence-electron chi connectivity index (χ4n) is 1.87. The molecule has 2 amide bonds. The standard InChI is InChI=1S/C16H22N4O5S3/c1-9(2)8-28(23)10-5-6-11(17-13(26)19-15(21)24-3)12(7-10)18-14(27)20-16(22)25-4/h5-7,9H,8H2,1-4H3,(H2,17,19,21,26)(H2,18,20,22,27). The lowest BCUT2D eigenvalue weighted by Crippen LogP contribution is -2.35. The van der Waals surface area contributed by atoms with Gasteiger partial charge >= 0.3 is 12.2 Å². The molecule has 0 heterocycles. The Morgan fingerprint density at radius 2 is 1.50 bits per heavy atom. The summed E-state index contributed by atoms with van der Waals surface area (Å²) in [6.45, 7) is 3.94. The van der Waals surface area contributed by atoms with Gasteiger partial charge in [-0.1, -0.05) is 13.8 Å². The van der Waals surface area contributed by atoms with Crippen LogP contribution in [0.1, 0.15) is 13.8 Å². The summed E-state index contributed by atoms with van der Waals surface area (Å²) in [5.74, 6) is 0.730. The quantitative estimate of drug-likeness (QED) is 0.506. The van der Waals surface area contributed by atoms with Gasteiger partial charge in [0.25, 0.3) is 0 Å². The highest BCUT2D eigenvalue weighted by atomic mass is 32.2. The average molecular weight is 447 g/mol. The zero-order chi connectivity index (χ0) is 21.3. The predicted molar refractivity (Wildman–Crippen MR) is 116 cm³/mol. The second-order valence-electron chi connectivity index (χ2n) is 5.75. The van der Waals surface area contributed by atoms with Gasteiger partial charge in [-0.25, -0.2) is 9.59 Å². The summed E-state index contributed by atoms with van der Waals surface area (Å²) >= 11 is 10.1. The number of rotatable bonds is 5. The molecule has 0 spiro atoms. The Balaban J connectivity index is 3.10. The van der Waals surface area contributed by atoms with Gasteiger partial charge in [0.15, 0.2) is 10.2 Å². The first-order chi connectivity index (χ1) is 13.2. The number of benzene rings is 1. The number of hydrogen-bond donors (Lipinski definition) is 4. The van der Waals surface area contributed by atoms with Crippen molar-refractivity contribution in [3.8, 4) is 0 Å². The summed E-state index contributed by atoms with van der Waals surface area (Å²) in [5.41, 5.74) is 0.825. The third-order valence-electron chi connectivity index (χ3n) is 3.04. The van der Waals surface area contributed by atoms with E-state index in [0.717, 1.165) is 0 Å². The van der Waals surface area contributed by atoms with Crippen molar-refractivity contribution in [1.82, 2.24) is 10.6 Å². The van der Waals surface area contributed by atoms with Crippen LogP contribution in [0.5, 0.6) is 0 Å². The number of anilines is 2. The monoisotopic (exact) mass is 446 g/mol. The molecule has 0 aliphatic rings. The third kappa shape index (κ3) is 8.15. The summed E-state index contributed by atoms with van der Waals surface area (Å²) in [7, 11) is 1.19. The molecule has 1 unspecified atom stereocenters. The molecule has 4 N–H and O–H groups in total. The second kappa shape index (κ2) is 11.5. The Morgan fingerprint density at radius 1 is 1.00 bits per heavy atom. The minimum absolute atomic E-state index is 0.0159. The lowest BCUT2D eigenvalue weighted by atomic mass is 10.2. The molecule has 0 aliphatic carbocycles. The van der Waals surface area contributed by atoms with Crippen LogP contribution in [-0.4, -0.2) is 46.6 Å². The van der Waals surface area contributed by atoms with Crippen molar-refractivity contribution < 1.29 is 23.3 Å². The van der Waals surface area contributed by atoms with Gasteiger partial charge in [0, 0.05) is 10.6 Å². The van der Waals surface area contributed by atoms with E-state index >= 15 is 0 Å².